The highest BCUT2D eigenvalue weighted by Gasteiger charge is 2.21. The van der Waals surface area contributed by atoms with E-state index in [1.807, 2.05) is 31.2 Å². The highest BCUT2D eigenvalue weighted by Crippen LogP contribution is 2.10. The molecule has 0 bridgehead atoms. The van der Waals surface area contributed by atoms with Crippen LogP contribution in [0.15, 0.2) is 24.3 Å². The van der Waals surface area contributed by atoms with E-state index in [1.54, 1.807) is 7.05 Å². The number of rotatable bonds is 6. The number of hydrogen-bond donors (Lipinski definition) is 0. The number of nitrogens with zero attached hydrogens (tertiary/aromatic N) is 2. The molecule has 1 rings (SSSR count). The summed E-state index contributed by atoms with van der Waals surface area (Å²) in [6.07, 6.45) is 6.18. The Kier molecular flexibility index (Phi) is 5.94. The lowest BCUT2D eigenvalue weighted by atomic mass is 10.1. The van der Waals surface area contributed by atoms with Crippen molar-refractivity contribution < 1.29 is 13.2 Å². The molecule has 1 amide bonds. The van der Waals surface area contributed by atoms with Crippen LogP contribution in [0.4, 0.5) is 0 Å². The van der Waals surface area contributed by atoms with E-state index in [0.29, 0.717) is 6.54 Å². The van der Waals surface area contributed by atoms with Gasteiger partial charge >= 0.3 is 0 Å². The van der Waals surface area contributed by atoms with Gasteiger partial charge in [-0.15, -0.1) is 6.42 Å². The second-order valence-electron chi connectivity index (χ2n) is 4.91. The number of likely N-dealkylation sites (N-methyl/N-ethyl adjacent to an activating group) is 1. The first-order chi connectivity index (χ1) is 9.75. The molecule has 0 atom stereocenters. The van der Waals surface area contributed by atoms with Crippen molar-refractivity contribution in [3.8, 4) is 12.3 Å². The number of aryl methyl sites for hydroxylation is 1. The van der Waals surface area contributed by atoms with Crippen LogP contribution in [-0.4, -0.2) is 49.9 Å². The molecular weight excluding hydrogens is 288 g/mol. The van der Waals surface area contributed by atoms with Gasteiger partial charge < -0.3 is 4.90 Å². The summed E-state index contributed by atoms with van der Waals surface area (Å²) in [4.78, 5) is 13.6. The number of terminal acetylenes is 1. The molecular formula is C15H20N2O3S. The Hall–Kier alpha value is -1.84. The topological polar surface area (TPSA) is 57.7 Å². The van der Waals surface area contributed by atoms with Crippen LogP contribution in [-0.2, 0) is 21.4 Å². The molecule has 0 N–H and O–H groups in total. The summed E-state index contributed by atoms with van der Waals surface area (Å²) in [6.45, 7) is 2.04. The fourth-order valence-corrected chi connectivity index (χ4v) is 2.45. The standard InChI is InChI=1S/C15H20N2O3S/c1-5-10-17(21(4,19)20)12-15(18)16(3)11-14-9-7-6-8-13(14)2/h1,6-9H,10-12H2,2-4H3. The maximum absolute atomic E-state index is 12.1. The minimum absolute atomic E-state index is 0.108. The van der Waals surface area contributed by atoms with Crippen LogP contribution >= 0.6 is 0 Å². The van der Waals surface area contributed by atoms with E-state index in [-0.39, 0.29) is 19.0 Å². The van der Waals surface area contributed by atoms with Crippen LogP contribution in [0.25, 0.3) is 0 Å². The van der Waals surface area contributed by atoms with Crippen molar-refractivity contribution in [1.29, 1.82) is 0 Å². The van der Waals surface area contributed by atoms with E-state index in [2.05, 4.69) is 5.92 Å². The maximum atomic E-state index is 12.1. The van der Waals surface area contributed by atoms with Gasteiger partial charge in [-0.25, -0.2) is 8.42 Å². The summed E-state index contributed by atoms with van der Waals surface area (Å²) in [5, 5.41) is 0. The lowest BCUT2D eigenvalue weighted by Crippen LogP contribution is -2.41. The third-order valence-corrected chi connectivity index (χ3v) is 4.34. The number of sulfonamides is 1. The highest BCUT2D eigenvalue weighted by atomic mass is 32.2. The molecule has 0 spiro atoms. The monoisotopic (exact) mass is 308 g/mol. The van der Waals surface area contributed by atoms with Gasteiger partial charge in [0.1, 0.15) is 0 Å². The Bertz CT molecular complexity index is 647. The van der Waals surface area contributed by atoms with Gasteiger partial charge in [0, 0.05) is 13.6 Å². The van der Waals surface area contributed by atoms with Crippen molar-refractivity contribution in [2.24, 2.45) is 0 Å². The molecule has 0 unspecified atom stereocenters. The number of carbonyl (C=O) groups excluding carboxylic acids is 1. The van der Waals surface area contributed by atoms with Crippen LogP contribution in [0.5, 0.6) is 0 Å². The molecule has 5 nitrogen and oxygen atoms in total. The molecule has 21 heavy (non-hydrogen) atoms. The fourth-order valence-electron chi connectivity index (χ4n) is 1.79. The Morgan fingerprint density at radius 2 is 1.95 bits per heavy atom. The summed E-state index contributed by atoms with van der Waals surface area (Å²) >= 11 is 0. The van der Waals surface area contributed by atoms with Gasteiger partial charge in [-0.1, -0.05) is 30.2 Å². The Morgan fingerprint density at radius 3 is 2.48 bits per heavy atom. The molecule has 114 valence electrons. The van der Waals surface area contributed by atoms with Crippen molar-refractivity contribution in [2.45, 2.75) is 13.5 Å². The second kappa shape index (κ2) is 7.25. The average molecular weight is 308 g/mol. The van der Waals surface area contributed by atoms with Crippen LogP contribution in [0, 0.1) is 19.3 Å². The van der Waals surface area contributed by atoms with E-state index in [1.165, 1.54) is 4.90 Å². The lowest BCUT2D eigenvalue weighted by Gasteiger charge is -2.22. The largest absolute Gasteiger partial charge is 0.340 e. The molecule has 6 heteroatoms. The highest BCUT2D eigenvalue weighted by molar-refractivity contribution is 7.88. The number of hydrogen-bond acceptors (Lipinski definition) is 3. The van der Waals surface area contributed by atoms with Crippen molar-refractivity contribution in [3.05, 3.63) is 35.4 Å². The van der Waals surface area contributed by atoms with Crippen molar-refractivity contribution >= 4 is 15.9 Å². The smallest absolute Gasteiger partial charge is 0.237 e. The van der Waals surface area contributed by atoms with Crippen LogP contribution in [0.1, 0.15) is 11.1 Å². The third kappa shape index (κ3) is 5.21. The summed E-state index contributed by atoms with van der Waals surface area (Å²) in [6, 6.07) is 7.74. The molecule has 1 aromatic carbocycles. The van der Waals surface area contributed by atoms with Gasteiger partial charge in [-0.2, -0.15) is 4.31 Å². The number of carbonyl (C=O) groups is 1. The molecule has 0 aliphatic rings. The average Bonchev–Trinajstić information content (AvgIpc) is 2.39. The van der Waals surface area contributed by atoms with Gasteiger partial charge in [0.15, 0.2) is 0 Å². The van der Waals surface area contributed by atoms with Crippen LogP contribution in [0.3, 0.4) is 0 Å². The molecule has 0 heterocycles. The first-order valence-corrected chi connectivity index (χ1v) is 8.27. The summed E-state index contributed by atoms with van der Waals surface area (Å²) in [5.74, 6) is 1.96. The number of benzene rings is 1. The normalized spacial score (nSPS) is 11.2. The third-order valence-electron chi connectivity index (χ3n) is 3.14. The van der Waals surface area contributed by atoms with Crippen molar-refractivity contribution in [2.75, 3.05) is 26.4 Å². The molecule has 0 radical (unpaired) electrons. The molecule has 0 fully saturated rings. The van der Waals surface area contributed by atoms with Gasteiger partial charge in [0.05, 0.1) is 19.3 Å². The van der Waals surface area contributed by atoms with E-state index in [4.69, 9.17) is 6.42 Å². The first-order valence-electron chi connectivity index (χ1n) is 6.42. The first kappa shape index (κ1) is 17.2. The zero-order chi connectivity index (χ0) is 16.0. The predicted octanol–water partition coefficient (Wildman–Crippen LogP) is 0.848. The van der Waals surface area contributed by atoms with Crippen molar-refractivity contribution in [1.82, 2.24) is 9.21 Å². The predicted molar refractivity (Wildman–Crippen MR) is 82.9 cm³/mol. The fraction of sp³-hybridized carbons (Fsp3) is 0.400. The summed E-state index contributed by atoms with van der Waals surface area (Å²) in [7, 11) is -1.85. The zero-order valence-electron chi connectivity index (χ0n) is 12.5. The Labute approximate surface area is 126 Å². The SMILES string of the molecule is C#CCN(CC(=O)N(C)Cc1ccccc1C)S(C)(=O)=O. The van der Waals surface area contributed by atoms with Gasteiger partial charge in [0.2, 0.25) is 15.9 Å². The molecule has 1 aromatic rings. The minimum Gasteiger partial charge on any atom is -0.340 e. The number of amides is 1. The van der Waals surface area contributed by atoms with Gasteiger partial charge in [0.25, 0.3) is 0 Å². The molecule has 0 aliphatic carbocycles. The van der Waals surface area contributed by atoms with Crippen LogP contribution < -0.4 is 0 Å². The summed E-state index contributed by atoms with van der Waals surface area (Å²) < 4.78 is 24.1. The van der Waals surface area contributed by atoms with E-state index < -0.39 is 10.0 Å². The van der Waals surface area contributed by atoms with Crippen LogP contribution in [0.2, 0.25) is 0 Å². The molecule has 0 saturated carbocycles. The second-order valence-corrected chi connectivity index (χ2v) is 6.89. The molecule has 0 aliphatic heterocycles. The minimum atomic E-state index is -3.49. The zero-order valence-corrected chi connectivity index (χ0v) is 13.4. The Balaban J connectivity index is 2.75. The van der Waals surface area contributed by atoms with E-state index >= 15 is 0 Å². The van der Waals surface area contributed by atoms with E-state index in [9.17, 15) is 13.2 Å². The maximum Gasteiger partial charge on any atom is 0.237 e. The quantitative estimate of drug-likeness (QED) is 0.732. The molecule has 0 aromatic heterocycles. The van der Waals surface area contributed by atoms with Gasteiger partial charge in [-0.3, -0.25) is 4.79 Å². The van der Waals surface area contributed by atoms with E-state index in [0.717, 1.165) is 21.7 Å². The van der Waals surface area contributed by atoms with Crippen molar-refractivity contribution in [3.63, 3.8) is 0 Å². The van der Waals surface area contributed by atoms with Gasteiger partial charge in [-0.05, 0) is 18.1 Å². The Morgan fingerprint density at radius 1 is 1.33 bits per heavy atom. The molecule has 0 saturated heterocycles. The lowest BCUT2D eigenvalue weighted by molar-refractivity contribution is -0.130. The summed E-state index contributed by atoms with van der Waals surface area (Å²) in [5.41, 5.74) is 2.11.